The van der Waals surface area contributed by atoms with Gasteiger partial charge in [0.2, 0.25) is 5.91 Å². The van der Waals surface area contributed by atoms with Crippen LogP contribution in [0.5, 0.6) is 0 Å². The molecular formula is C21H22N6O. The third-order valence-electron chi connectivity index (χ3n) is 4.87. The number of aromatic nitrogens is 5. The van der Waals surface area contributed by atoms with Crippen LogP contribution in [0.4, 0.5) is 5.82 Å². The largest absolute Gasteiger partial charge is 0.309 e. The lowest BCUT2D eigenvalue weighted by Gasteiger charge is -2.06. The van der Waals surface area contributed by atoms with Gasteiger partial charge >= 0.3 is 0 Å². The van der Waals surface area contributed by atoms with Crippen LogP contribution in [0.3, 0.4) is 0 Å². The molecule has 2 N–H and O–H groups in total. The lowest BCUT2D eigenvalue weighted by atomic mass is 10.1. The average molecular weight is 374 g/mol. The Hall–Kier alpha value is -3.48. The maximum atomic E-state index is 12.5. The van der Waals surface area contributed by atoms with E-state index in [9.17, 15) is 4.79 Å². The first-order valence-corrected chi connectivity index (χ1v) is 9.25. The summed E-state index contributed by atoms with van der Waals surface area (Å²) in [5.74, 6) is 0.432. The highest BCUT2D eigenvalue weighted by atomic mass is 16.1. The van der Waals surface area contributed by atoms with Crippen molar-refractivity contribution in [1.29, 1.82) is 0 Å². The predicted molar refractivity (Wildman–Crippen MR) is 109 cm³/mol. The van der Waals surface area contributed by atoms with Gasteiger partial charge in [0.05, 0.1) is 16.8 Å². The highest BCUT2D eigenvalue weighted by molar-refractivity contribution is 5.98. The van der Waals surface area contributed by atoms with Crippen LogP contribution in [0.1, 0.15) is 29.1 Å². The zero-order valence-electron chi connectivity index (χ0n) is 16.2. The molecule has 0 radical (unpaired) electrons. The first-order valence-electron chi connectivity index (χ1n) is 9.25. The van der Waals surface area contributed by atoms with Gasteiger partial charge in [-0.3, -0.25) is 9.89 Å². The summed E-state index contributed by atoms with van der Waals surface area (Å²) in [4.78, 5) is 16.9. The monoisotopic (exact) mass is 374 g/mol. The van der Waals surface area contributed by atoms with E-state index in [1.807, 2.05) is 67.9 Å². The van der Waals surface area contributed by atoms with E-state index in [-0.39, 0.29) is 5.91 Å². The van der Waals surface area contributed by atoms with Crippen LogP contribution in [0.25, 0.3) is 16.7 Å². The summed E-state index contributed by atoms with van der Waals surface area (Å²) in [7, 11) is 0. The number of fused-ring (bicyclic) bond motifs is 1. The molecule has 4 aromatic rings. The number of anilines is 1. The number of hydrogen-bond acceptors (Lipinski definition) is 4. The van der Waals surface area contributed by atoms with E-state index in [0.717, 1.165) is 33.7 Å². The number of hydrogen-bond donors (Lipinski definition) is 2. The van der Waals surface area contributed by atoms with E-state index in [1.165, 1.54) is 0 Å². The van der Waals surface area contributed by atoms with E-state index in [0.29, 0.717) is 24.3 Å². The van der Waals surface area contributed by atoms with Crippen LogP contribution in [-0.2, 0) is 11.2 Å². The Balaban J connectivity index is 1.47. The van der Waals surface area contributed by atoms with Crippen molar-refractivity contribution in [2.24, 2.45) is 0 Å². The molecule has 3 aromatic heterocycles. The maximum absolute atomic E-state index is 12.5. The van der Waals surface area contributed by atoms with Crippen molar-refractivity contribution < 1.29 is 4.79 Å². The van der Waals surface area contributed by atoms with Gasteiger partial charge in [0.15, 0.2) is 11.5 Å². The van der Waals surface area contributed by atoms with Crippen LogP contribution in [0, 0.1) is 20.8 Å². The van der Waals surface area contributed by atoms with E-state index >= 15 is 0 Å². The fourth-order valence-electron chi connectivity index (χ4n) is 3.39. The van der Waals surface area contributed by atoms with E-state index in [1.54, 1.807) is 0 Å². The van der Waals surface area contributed by atoms with Crippen molar-refractivity contribution in [2.45, 2.75) is 33.6 Å². The molecule has 0 saturated heterocycles. The number of nitrogens with zero attached hydrogens (tertiary/aromatic N) is 4. The smallest absolute Gasteiger partial charge is 0.225 e. The van der Waals surface area contributed by atoms with Crippen LogP contribution in [-0.4, -0.2) is 30.9 Å². The number of pyridine rings is 1. The summed E-state index contributed by atoms with van der Waals surface area (Å²) >= 11 is 0. The third kappa shape index (κ3) is 3.38. The van der Waals surface area contributed by atoms with Gasteiger partial charge in [-0.05, 0) is 57.0 Å². The molecule has 0 aliphatic carbocycles. The number of aromatic amines is 1. The maximum Gasteiger partial charge on any atom is 0.225 e. The van der Waals surface area contributed by atoms with Crippen molar-refractivity contribution in [1.82, 2.24) is 25.0 Å². The molecule has 0 aliphatic rings. The predicted octanol–water partition coefficient (Wildman–Crippen LogP) is 3.64. The lowest BCUT2D eigenvalue weighted by molar-refractivity contribution is -0.116. The van der Waals surface area contributed by atoms with Crippen LogP contribution < -0.4 is 5.32 Å². The van der Waals surface area contributed by atoms with Gasteiger partial charge < -0.3 is 5.32 Å². The number of carbonyl (C=O) groups is 1. The lowest BCUT2D eigenvalue weighted by Crippen LogP contribution is -2.13. The van der Waals surface area contributed by atoms with Crippen LogP contribution >= 0.6 is 0 Å². The van der Waals surface area contributed by atoms with Gasteiger partial charge in [0.1, 0.15) is 0 Å². The number of nitrogens with one attached hydrogen (secondary N) is 2. The van der Waals surface area contributed by atoms with Crippen molar-refractivity contribution >= 4 is 22.8 Å². The summed E-state index contributed by atoms with van der Waals surface area (Å²) in [5.41, 5.74) is 5.69. The zero-order valence-corrected chi connectivity index (χ0v) is 16.2. The van der Waals surface area contributed by atoms with E-state index in [4.69, 9.17) is 0 Å². The fourth-order valence-corrected chi connectivity index (χ4v) is 3.39. The first kappa shape index (κ1) is 17.9. The van der Waals surface area contributed by atoms with Gasteiger partial charge in [-0.25, -0.2) is 9.67 Å². The summed E-state index contributed by atoms with van der Waals surface area (Å²) in [5, 5.41) is 15.4. The molecule has 1 aromatic carbocycles. The molecule has 4 rings (SSSR count). The molecule has 7 heteroatoms. The van der Waals surface area contributed by atoms with E-state index in [2.05, 4.69) is 25.6 Å². The van der Waals surface area contributed by atoms with Crippen molar-refractivity contribution in [3.8, 4) is 5.69 Å². The van der Waals surface area contributed by atoms with E-state index < -0.39 is 0 Å². The molecule has 28 heavy (non-hydrogen) atoms. The molecule has 1 amide bonds. The van der Waals surface area contributed by atoms with Gasteiger partial charge in [0, 0.05) is 17.8 Å². The Kier molecular flexibility index (Phi) is 4.65. The second-order valence-corrected chi connectivity index (χ2v) is 6.87. The SMILES string of the molecule is Cc1ccc2c(NC(=O)CCc3c(C)nn(-c4ccccc4)c3C)n[nH]c2n1. The van der Waals surface area contributed by atoms with Gasteiger partial charge in [0.25, 0.3) is 0 Å². The van der Waals surface area contributed by atoms with Crippen molar-refractivity contribution in [2.75, 3.05) is 5.32 Å². The molecule has 0 aliphatic heterocycles. The molecule has 7 nitrogen and oxygen atoms in total. The molecule has 142 valence electrons. The Morgan fingerprint density at radius 2 is 1.89 bits per heavy atom. The summed E-state index contributed by atoms with van der Waals surface area (Å²) in [6.45, 7) is 5.93. The standard InChI is InChI=1S/C21H22N6O/c1-13-9-10-18-20(22-13)24-25-21(18)23-19(28)12-11-17-14(2)26-27(15(17)3)16-7-5-4-6-8-16/h4-10H,11-12H2,1-3H3,(H2,22,23,24,25,28). The second-order valence-electron chi connectivity index (χ2n) is 6.87. The highest BCUT2D eigenvalue weighted by Crippen LogP contribution is 2.21. The number of carbonyl (C=O) groups excluding carboxylic acids is 1. The topological polar surface area (TPSA) is 88.5 Å². The number of para-hydroxylation sites is 1. The number of aryl methyl sites for hydroxylation is 2. The first-order chi connectivity index (χ1) is 13.5. The zero-order chi connectivity index (χ0) is 19.7. The second kappa shape index (κ2) is 7.26. The third-order valence-corrected chi connectivity index (χ3v) is 4.87. The summed E-state index contributed by atoms with van der Waals surface area (Å²) in [6, 6.07) is 13.8. The molecule has 0 atom stereocenters. The van der Waals surface area contributed by atoms with Gasteiger partial charge in [-0.2, -0.15) is 10.2 Å². The fraction of sp³-hybridized carbons (Fsp3) is 0.238. The Bertz CT molecular complexity index is 1140. The molecular weight excluding hydrogens is 352 g/mol. The Morgan fingerprint density at radius 1 is 1.11 bits per heavy atom. The molecule has 0 spiro atoms. The van der Waals surface area contributed by atoms with Crippen LogP contribution in [0.2, 0.25) is 0 Å². The summed E-state index contributed by atoms with van der Waals surface area (Å²) in [6.07, 6.45) is 0.978. The number of amides is 1. The summed E-state index contributed by atoms with van der Waals surface area (Å²) < 4.78 is 1.93. The highest BCUT2D eigenvalue weighted by Gasteiger charge is 2.15. The van der Waals surface area contributed by atoms with Crippen molar-refractivity contribution in [3.63, 3.8) is 0 Å². The van der Waals surface area contributed by atoms with Crippen LogP contribution in [0.15, 0.2) is 42.5 Å². The average Bonchev–Trinajstić information content (AvgIpc) is 3.21. The molecule has 0 fully saturated rings. The minimum absolute atomic E-state index is 0.0831. The van der Waals surface area contributed by atoms with Crippen molar-refractivity contribution in [3.05, 3.63) is 65.1 Å². The molecule has 0 saturated carbocycles. The number of H-pyrrole nitrogens is 1. The number of rotatable bonds is 5. The number of benzene rings is 1. The minimum atomic E-state index is -0.0831. The minimum Gasteiger partial charge on any atom is -0.309 e. The normalized spacial score (nSPS) is 11.1. The molecule has 3 heterocycles. The Morgan fingerprint density at radius 3 is 2.68 bits per heavy atom. The van der Waals surface area contributed by atoms with Gasteiger partial charge in [-0.15, -0.1) is 0 Å². The van der Waals surface area contributed by atoms with Gasteiger partial charge in [-0.1, -0.05) is 18.2 Å². The quantitative estimate of drug-likeness (QED) is 0.558. The molecule has 0 unspecified atom stereocenters. The Labute approximate surface area is 162 Å². The molecule has 0 bridgehead atoms.